The first-order chi connectivity index (χ1) is 5.68. The van der Waals surface area contributed by atoms with Crippen LogP contribution in [0.1, 0.15) is 12.0 Å². The molecule has 1 unspecified atom stereocenters. The minimum Gasteiger partial charge on any atom is -0.351 e. The van der Waals surface area contributed by atoms with Gasteiger partial charge in [0.15, 0.2) is 0 Å². The molecule has 0 saturated carbocycles. The van der Waals surface area contributed by atoms with Crippen LogP contribution >= 0.6 is 15.9 Å². The molecule has 1 aliphatic carbocycles. The van der Waals surface area contributed by atoms with Crippen LogP contribution in [0.15, 0.2) is 6.20 Å². The standard InChI is InChI=1S/C10H12BrN/c1-7-6-12(2)10-4-3-8(11)5-9(7)10/h4-6,8H,3H2,1-2H3. The van der Waals surface area contributed by atoms with E-state index in [0.717, 1.165) is 6.42 Å². The third-order valence-electron chi connectivity index (χ3n) is 2.35. The zero-order chi connectivity index (χ0) is 8.72. The topological polar surface area (TPSA) is 4.93 Å². The van der Waals surface area contributed by atoms with Crippen LogP contribution in [0.4, 0.5) is 0 Å². The van der Waals surface area contributed by atoms with Crippen LogP contribution in [0.2, 0.25) is 0 Å². The number of aryl methyl sites for hydroxylation is 2. The normalized spacial score (nSPS) is 21.1. The van der Waals surface area contributed by atoms with Gasteiger partial charge in [0.05, 0.1) is 0 Å². The van der Waals surface area contributed by atoms with Gasteiger partial charge in [-0.25, -0.2) is 0 Å². The van der Waals surface area contributed by atoms with E-state index in [1.807, 2.05) is 0 Å². The Labute approximate surface area is 80.5 Å². The third kappa shape index (κ3) is 1.14. The summed E-state index contributed by atoms with van der Waals surface area (Å²) < 4.78 is 2.19. The predicted molar refractivity (Wildman–Crippen MR) is 55.7 cm³/mol. The Morgan fingerprint density at radius 1 is 1.58 bits per heavy atom. The van der Waals surface area contributed by atoms with Gasteiger partial charge in [-0.1, -0.05) is 28.1 Å². The van der Waals surface area contributed by atoms with Gasteiger partial charge in [-0.15, -0.1) is 0 Å². The Kier molecular flexibility index (Phi) is 1.87. The quantitative estimate of drug-likeness (QED) is 0.583. The van der Waals surface area contributed by atoms with Gasteiger partial charge in [0.2, 0.25) is 0 Å². The molecule has 1 aromatic rings. The van der Waals surface area contributed by atoms with Crippen molar-refractivity contribution in [2.75, 3.05) is 0 Å². The maximum Gasteiger partial charge on any atom is 0.0437 e. The molecule has 0 aromatic carbocycles. The van der Waals surface area contributed by atoms with E-state index in [2.05, 4.69) is 52.8 Å². The highest BCUT2D eigenvalue weighted by atomic mass is 79.9. The van der Waals surface area contributed by atoms with Crippen molar-refractivity contribution >= 4 is 28.1 Å². The van der Waals surface area contributed by atoms with Gasteiger partial charge in [0, 0.05) is 23.4 Å². The fraction of sp³-hybridized carbons (Fsp3) is 0.400. The highest BCUT2D eigenvalue weighted by Crippen LogP contribution is 2.09. The molecule has 64 valence electrons. The van der Waals surface area contributed by atoms with E-state index in [1.165, 1.54) is 16.1 Å². The molecule has 2 rings (SSSR count). The molecule has 0 saturated heterocycles. The van der Waals surface area contributed by atoms with Crippen LogP contribution in [0.25, 0.3) is 12.2 Å². The molecular weight excluding hydrogens is 214 g/mol. The van der Waals surface area contributed by atoms with E-state index in [0.29, 0.717) is 4.83 Å². The summed E-state index contributed by atoms with van der Waals surface area (Å²) in [4.78, 5) is 0.520. The molecule has 1 heterocycles. The second-order valence-electron chi connectivity index (χ2n) is 3.34. The van der Waals surface area contributed by atoms with Gasteiger partial charge >= 0.3 is 0 Å². The first-order valence-electron chi connectivity index (χ1n) is 4.16. The minimum absolute atomic E-state index is 0.520. The minimum atomic E-state index is 0.520. The largest absolute Gasteiger partial charge is 0.351 e. The second kappa shape index (κ2) is 2.77. The Balaban J connectivity index is 2.82. The molecule has 1 atom stereocenters. The summed E-state index contributed by atoms with van der Waals surface area (Å²) in [6, 6.07) is 0. The van der Waals surface area contributed by atoms with Gasteiger partial charge in [-0.3, -0.25) is 0 Å². The van der Waals surface area contributed by atoms with Gasteiger partial charge in [-0.2, -0.15) is 0 Å². The monoisotopic (exact) mass is 225 g/mol. The van der Waals surface area contributed by atoms with E-state index >= 15 is 0 Å². The average Bonchev–Trinajstić information content (AvgIpc) is 2.28. The molecule has 1 aliphatic rings. The zero-order valence-corrected chi connectivity index (χ0v) is 8.93. The highest BCUT2D eigenvalue weighted by Gasteiger charge is 2.06. The van der Waals surface area contributed by atoms with Crippen LogP contribution in [0.3, 0.4) is 0 Å². The highest BCUT2D eigenvalue weighted by molar-refractivity contribution is 9.09. The lowest BCUT2D eigenvalue weighted by Crippen LogP contribution is -2.32. The Morgan fingerprint density at radius 2 is 2.33 bits per heavy atom. The maximum absolute atomic E-state index is 3.61. The van der Waals surface area contributed by atoms with Gasteiger partial charge < -0.3 is 4.57 Å². The molecule has 1 nitrogen and oxygen atoms in total. The summed E-state index contributed by atoms with van der Waals surface area (Å²) in [6.45, 7) is 2.16. The predicted octanol–water partition coefficient (Wildman–Crippen LogP) is 1.06. The van der Waals surface area contributed by atoms with E-state index < -0.39 is 0 Å². The number of hydrogen-bond donors (Lipinski definition) is 0. The lowest BCUT2D eigenvalue weighted by Gasteiger charge is -2.04. The van der Waals surface area contributed by atoms with Crippen molar-refractivity contribution in [1.82, 2.24) is 4.57 Å². The fourth-order valence-electron chi connectivity index (χ4n) is 1.77. The van der Waals surface area contributed by atoms with Crippen LogP contribution in [0, 0.1) is 6.92 Å². The molecule has 0 aliphatic heterocycles. The first-order valence-corrected chi connectivity index (χ1v) is 5.08. The number of hydrogen-bond acceptors (Lipinski definition) is 0. The van der Waals surface area contributed by atoms with E-state index in [1.54, 1.807) is 0 Å². The number of nitrogens with zero attached hydrogens (tertiary/aromatic N) is 1. The molecule has 12 heavy (non-hydrogen) atoms. The maximum atomic E-state index is 3.61. The third-order valence-corrected chi connectivity index (χ3v) is 2.99. The molecule has 2 heteroatoms. The Bertz CT molecular complexity index is 414. The SMILES string of the molecule is Cc1cn(C)c2c1=CC(Br)CC=2. The van der Waals surface area contributed by atoms with Crippen LogP contribution in [-0.4, -0.2) is 9.39 Å². The molecular formula is C10H12BrN. The summed E-state index contributed by atoms with van der Waals surface area (Å²) >= 11 is 3.61. The van der Waals surface area contributed by atoms with Gasteiger partial charge in [0.25, 0.3) is 0 Å². The summed E-state index contributed by atoms with van der Waals surface area (Å²) in [7, 11) is 2.10. The Hall–Kier alpha value is -0.500. The number of aromatic nitrogens is 1. The van der Waals surface area contributed by atoms with Crippen LogP contribution in [-0.2, 0) is 7.05 Å². The average molecular weight is 226 g/mol. The zero-order valence-electron chi connectivity index (χ0n) is 7.34. The number of alkyl halides is 1. The molecule has 1 aromatic heterocycles. The van der Waals surface area contributed by atoms with Crippen molar-refractivity contribution in [2.45, 2.75) is 18.2 Å². The molecule has 0 amide bonds. The molecule has 0 N–H and O–H groups in total. The molecule has 0 spiro atoms. The summed E-state index contributed by atoms with van der Waals surface area (Å²) in [5.74, 6) is 0. The number of halogens is 1. The number of rotatable bonds is 0. The molecule has 0 fully saturated rings. The lowest BCUT2D eigenvalue weighted by molar-refractivity contribution is 0.878. The molecule has 0 radical (unpaired) electrons. The number of fused-ring (bicyclic) bond motifs is 1. The van der Waals surface area contributed by atoms with Crippen molar-refractivity contribution < 1.29 is 0 Å². The van der Waals surface area contributed by atoms with Crippen molar-refractivity contribution in [2.24, 2.45) is 7.05 Å². The van der Waals surface area contributed by atoms with Crippen LogP contribution in [0.5, 0.6) is 0 Å². The molecule has 0 bridgehead atoms. The van der Waals surface area contributed by atoms with E-state index in [9.17, 15) is 0 Å². The van der Waals surface area contributed by atoms with Crippen molar-refractivity contribution in [3.63, 3.8) is 0 Å². The summed E-state index contributed by atoms with van der Waals surface area (Å²) in [5, 5.41) is 2.76. The van der Waals surface area contributed by atoms with Crippen molar-refractivity contribution in [1.29, 1.82) is 0 Å². The van der Waals surface area contributed by atoms with Crippen LogP contribution < -0.4 is 10.6 Å². The Morgan fingerprint density at radius 3 is 3.08 bits per heavy atom. The van der Waals surface area contributed by atoms with Crippen molar-refractivity contribution in [3.05, 3.63) is 22.3 Å². The smallest absolute Gasteiger partial charge is 0.0437 e. The lowest BCUT2D eigenvalue weighted by atomic mass is 10.1. The second-order valence-corrected chi connectivity index (χ2v) is 4.52. The van der Waals surface area contributed by atoms with E-state index in [-0.39, 0.29) is 0 Å². The summed E-state index contributed by atoms with van der Waals surface area (Å²) in [6.07, 6.45) is 7.87. The van der Waals surface area contributed by atoms with Gasteiger partial charge in [-0.05, 0) is 24.1 Å². The fourth-order valence-corrected chi connectivity index (χ4v) is 2.22. The van der Waals surface area contributed by atoms with Gasteiger partial charge in [0.1, 0.15) is 0 Å². The summed E-state index contributed by atoms with van der Waals surface area (Å²) in [5.41, 5.74) is 1.37. The first kappa shape index (κ1) is 8.11. The van der Waals surface area contributed by atoms with E-state index in [4.69, 9.17) is 0 Å². The van der Waals surface area contributed by atoms with Crippen molar-refractivity contribution in [3.8, 4) is 0 Å².